The summed E-state index contributed by atoms with van der Waals surface area (Å²) in [6.07, 6.45) is 6.64. The van der Waals surface area contributed by atoms with Crippen LogP contribution in [0, 0.1) is 0 Å². The third kappa shape index (κ3) is 4.22. The van der Waals surface area contributed by atoms with E-state index in [4.69, 9.17) is 15.6 Å². The Hall–Kier alpha value is -4.20. The van der Waals surface area contributed by atoms with Crippen molar-refractivity contribution in [2.24, 2.45) is 0 Å². The first-order valence-corrected chi connectivity index (χ1v) is 11.4. The number of carbonyl (C=O) groups is 1. The molecule has 2 N–H and O–H groups in total. The first-order chi connectivity index (χ1) is 16.6. The van der Waals surface area contributed by atoms with E-state index in [1.54, 1.807) is 12.2 Å². The zero-order valence-electron chi connectivity index (χ0n) is 19.0. The van der Waals surface area contributed by atoms with Crippen molar-refractivity contribution in [2.75, 3.05) is 18.8 Å². The van der Waals surface area contributed by atoms with E-state index in [0.717, 1.165) is 47.5 Å². The maximum atomic E-state index is 12.4. The lowest BCUT2D eigenvalue weighted by Gasteiger charge is -2.32. The van der Waals surface area contributed by atoms with Gasteiger partial charge in [0.15, 0.2) is 5.65 Å². The molecule has 3 heterocycles. The highest BCUT2D eigenvalue weighted by Crippen LogP contribution is 2.34. The number of anilines is 1. The van der Waals surface area contributed by atoms with Gasteiger partial charge in [-0.25, -0.2) is 14.6 Å². The van der Waals surface area contributed by atoms with Gasteiger partial charge in [-0.2, -0.15) is 5.10 Å². The van der Waals surface area contributed by atoms with Gasteiger partial charge in [0.05, 0.1) is 11.4 Å². The molecule has 8 heteroatoms. The number of carbonyl (C=O) groups excluding carboxylic acids is 1. The van der Waals surface area contributed by atoms with Crippen molar-refractivity contribution in [3.8, 4) is 22.8 Å². The zero-order valence-corrected chi connectivity index (χ0v) is 19.0. The van der Waals surface area contributed by atoms with E-state index in [1.165, 1.54) is 6.33 Å². The summed E-state index contributed by atoms with van der Waals surface area (Å²) in [4.78, 5) is 23.0. The van der Waals surface area contributed by atoms with E-state index in [1.807, 2.05) is 71.1 Å². The largest absolute Gasteiger partial charge is 0.457 e. The van der Waals surface area contributed by atoms with Gasteiger partial charge < -0.3 is 15.4 Å². The summed E-state index contributed by atoms with van der Waals surface area (Å²) in [5, 5.41) is 5.65. The number of allylic oxidation sites excluding steroid dienone is 1. The van der Waals surface area contributed by atoms with Crippen LogP contribution in [0.3, 0.4) is 0 Å². The highest BCUT2D eigenvalue weighted by atomic mass is 16.5. The molecule has 2 aromatic carbocycles. The normalized spacial score (nSPS) is 16.3. The molecule has 2 aromatic heterocycles. The minimum atomic E-state index is 0.00851. The van der Waals surface area contributed by atoms with Gasteiger partial charge in [0.2, 0.25) is 5.91 Å². The molecule has 0 radical (unpaired) electrons. The maximum absolute atomic E-state index is 12.4. The van der Waals surface area contributed by atoms with Gasteiger partial charge in [0, 0.05) is 18.7 Å². The minimum absolute atomic E-state index is 0.00851. The molecule has 8 nitrogen and oxygen atoms in total. The second kappa shape index (κ2) is 9.35. The van der Waals surface area contributed by atoms with E-state index in [-0.39, 0.29) is 11.9 Å². The van der Waals surface area contributed by atoms with Crippen LogP contribution in [0.1, 0.15) is 25.8 Å². The Morgan fingerprint density at radius 2 is 1.85 bits per heavy atom. The number of para-hydroxylation sites is 1. The molecule has 1 aliphatic rings. The van der Waals surface area contributed by atoms with E-state index in [9.17, 15) is 4.79 Å². The van der Waals surface area contributed by atoms with Crippen LogP contribution in [-0.4, -0.2) is 43.6 Å². The van der Waals surface area contributed by atoms with Crippen LogP contribution in [0.25, 0.3) is 22.3 Å². The lowest BCUT2D eigenvalue weighted by Crippen LogP contribution is -2.40. The summed E-state index contributed by atoms with van der Waals surface area (Å²) < 4.78 is 7.83. The maximum Gasteiger partial charge on any atom is 0.246 e. The van der Waals surface area contributed by atoms with Crippen molar-refractivity contribution in [3.05, 3.63) is 73.1 Å². The Morgan fingerprint density at radius 1 is 1.09 bits per heavy atom. The number of nitrogen functional groups attached to an aromatic ring is 1. The number of ether oxygens (including phenoxy) is 1. The van der Waals surface area contributed by atoms with Crippen LogP contribution in [0.2, 0.25) is 0 Å². The topological polar surface area (TPSA) is 99.2 Å². The number of amides is 1. The van der Waals surface area contributed by atoms with Gasteiger partial charge in [0.1, 0.15) is 29.3 Å². The van der Waals surface area contributed by atoms with Crippen LogP contribution >= 0.6 is 0 Å². The highest BCUT2D eigenvalue weighted by Gasteiger charge is 2.28. The van der Waals surface area contributed by atoms with Gasteiger partial charge >= 0.3 is 0 Å². The lowest BCUT2D eigenvalue weighted by atomic mass is 10.1. The number of fused-ring (bicyclic) bond motifs is 1. The molecule has 1 unspecified atom stereocenters. The number of hydrogen-bond acceptors (Lipinski definition) is 6. The second-order valence-corrected chi connectivity index (χ2v) is 8.27. The van der Waals surface area contributed by atoms with Crippen molar-refractivity contribution < 1.29 is 9.53 Å². The van der Waals surface area contributed by atoms with Crippen molar-refractivity contribution in [3.63, 3.8) is 0 Å². The summed E-state index contributed by atoms with van der Waals surface area (Å²) in [5.74, 6) is 1.91. The zero-order chi connectivity index (χ0) is 23.5. The highest BCUT2D eigenvalue weighted by molar-refractivity contribution is 5.98. The van der Waals surface area contributed by atoms with E-state index < -0.39 is 0 Å². The molecule has 0 aliphatic carbocycles. The molecule has 5 rings (SSSR count). The van der Waals surface area contributed by atoms with Crippen LogP contribution in [0.4, 0.5) is 5.82 Å². The van der Waals surface area contributed by atoms with Crippen molar-refractivity contribution in [2.45, 2.75) is 25.8 Å². The van der Waals surface area contributed by atoms with Gasteiger partial charge in [-0.3, -0.25) is 4.79 Å². The predicted molar refractivity (Wildman–Crippen MR) is 131 cm³/mol. The Morgan fingerprint density at radius 3 is 2.62 bits per heavy atom. The van der Waals surface area contributed by atoms with Gasteiger partial charge in [-0.05, 0) is 62.2 Å². The first-order valence-electron chi connectivity index (χ1n) is 11.4. The van der Waals surface area contributed by atoms with Gasteiger partial charge in [0.25, 0.3) is 0 Å². The molecule has 34 heavy (non-hydrogen) atoms. The molecular formula is C26H26N6O2. The summed E-state index contributed by atoms with van der Waals surface area (Å²) in [6.45, 7) is 3.17. The number of benzene rings is 2. The van der Waals surface area contributed by atoms with Crippen molar-refractivity contribution in [1.82, 2.24) is 24.6 Å². The average Bonchev–Trinajstić information content (AvgIpc) is 3.26. The number of piperidine rings is 1. The SMILES string of the molecule is CC=CC(=O)N1CCCC(n2nc(-c3ccc(Oc4ccccc4)cc3)c3c(N)ncnc32)C1. The molecule has 172 valence electrons. The second-order valence-electron chi connectivity index (χ2n) is 8.27. The third-order valence-electron chi connectivity index (χ3n) is 5.99. The lowest BCUT2D eigenvalue weighted by molar-refractivity contribution is -0.127. The standard InChI is InChI=1S/C26H26N6O2/c1-2-7-22(33)31-15-6-8-19(16-31)32-26-23(25(27)28-17-29-26)24(30-32)18-11-13-21(14-12-18)34-20-9-4-3-5-10-20/h2-5,7,9-14,17,19H,6,8,15-16H2,1H3,(H2,27,28,29). The van der Waals surface area contributed by atoms with Crippen LogP contribution < -0.4 is 10.5 Å². The van der Waals surface area contributed by atoms with Gasteiger partial charge in [-0.1, -0.05) is 24.3 Å². The Balaban J connectivity index is 1.49. The first kappa shape index (κ1) is 21.6. The predicted octanol–water partition coefficient (Wildman–Crippen LogP) is 4.61. The number of likely N-dealkylation sites (tertiary alicyclic amines) is 1. The van der Waals surface area contributed by atoms with Crippen LogP contribution in [-0.2, 0) is 4.79 Å². The molecule has 1 atom stereocenters. The molecule has 0 spiro atoms. The number of hydrogen-bond donors (Lipinski definition) is 1. The Bertz CT molecular complexity index is 1330. The molecule has 1 aliphatic heterocycles. The molecular weight excluding hydrogens is 428 g/mol. The molecule has 4 aromatic rings. The number of rotatable bonds is 5. The average molecular weight is 455 g/mol. The Kier molecular flexibility index (Phi) is 5.95. The monoisotopic (exact) mass is 454 g/mol. The van der Waals surface area contributed by atoms with E-state index >= 15 is 0 Å². The summed E-state index contributed by atoms with van der Waals surface area (Å²) in [6, 6.07) is 17.4. The smallest absolute Gasteiger partial charge is 0.246 e. The molecule has 0 saturated carbocycles. The quantitative estimate of drug-likeness (QED) is 0.442. The molecule has 1 fully saturated rings. The third-order valence-corrected chi connectivity index (χ3v) is 5.99. The fraction of sp³-hybridized carbons (Fsp3) is 0.231. The van der Waals surface area contributed by atoms with Crippen LogP contribution in [0.15, 0.2) is 73.1 Å². The molecule has 0 bridgehead atoms. The summed E-state index contributed by atoms with van der Waals surface area (Å²) >= 11 is 0. The number of nitrogens with two attached hydrogens (primary N) is 1. The number of aromatic nitrogens is 4. The Labute approximate surface area is 197 Å². The molecule has 1 amide bonds. The minimum Gasteiger partial charge on any atom is -0.457 e. The van der Waals surface area contributed by atoms with Gasteiger partial charge in [-0.15, -0.1) is 0 Å². The fourth-order valence-electron chi connectivity index (χ4n) is 4.36. The number of nitrogens with zero attached hydrogens (tertiary/aromatic N) is 5. The fourth-order valence-corrected chi connectivity index (χ4v) is 4.36. The molecule has 1 saturated heterocycles. The van der Waals surface area contributed by atoms with Crippen LogP contribution in [0.5, 0.6) is 11.5 Å². The van der Waals surface area contributed by atoms with E-state index in [2.05, 4.69) is 9.97 Å². The van der Waals surface area contributed by atoms with Crippen molar-refractivity contribution >= 4 is 22.8 Å². The summed E-state index contributed by atoms with van der Waals surface area (Å²) in [7, 11) is 0. The summed E-state index contributed by atoms with van der Waals surface area (Å²) in [5.41, 5.74) is 8.57. The van der Waals surface area contributed by atoms with Crippen molar-refractivity contribution in [1.29, 1.82) is 0 Å². The van der Waals surface area contributed by atoms with E-state index in [0.29, 0.717) is 18.0 Å².